The summed E-state index contributed by atoms with van der Waals surface area (Å²) in [6.07, 6.45) is 11.3. The Morgan fingerprint density at radius 3 is 2.87 bits per heavy atom. The smallest absolute Gasteiger partial charge is 0.223 e. The van der Waals surface area contributed by atoms with Crippen LogP contribution in [0.25, 0.3) is 0 Å². The van der Waals surface area contributed by atoms with Crippen LogP contribution in [0.2, 0.25) is 0 Å². The summed E-state index contributed by atoms with van der Waals surface area (Å²) >= 11 is 0. The minimum atomic E-state index is 0.0161. The van der Waals surface area contributed by atoms with Crippen molar-refractivity contribution in [3.8, 4) is 0 Å². The second kappa shape index (κ2) is 7.53. The first-order valence-corrected chi connectivity index (χ1v) is 8.53. The van der Waals surface area contributed by atoms with E-state index < -0.39 is 0 Å². The molecule has 2 fully saturated rings. The number of amides is 2. The van der Waals surface area contributed by atoms with Crippen LogP contribution in [-0.4, -0.2) is 45.8 Å². The number of nitrogens with one attached hydrogen (secondary N) is 1. The van der Waals surface area contributed by atoms with Crippen LogP contribution in [-0.2, 0) is 16.0 Å². The summed E-state index contributed by atoms with van der Waals surface area (Å²) in [5, 5.41) is 2.96. The number of hydrogen-bond acceptors (Lipinski definition) is 4. The van der Waals surface area contributed by atoms with Gasteiger partial charge in [0.25, 0.3) is 0 Å². The molecule has 1 N–H and O–H groups in total. The number of aromatic nitrogens is 2. The summed E-state index contributed by atoms with van der Waals surface area (Å²) in [4.78, 5) is 34.3. The second-order valence-electron chi connectivity index (χ2n) is 6.56. The van der Waals surface area contributed by atoms with Crippen molar-refractivity contribution >= 4 is 11.8 Å². The molecule has 0 bridgehead atoms. The van der Waals surface area contributed by atoms with Crippen molar-refractivity contribution in [2.45, 2.75) is 51.0 Å². The molecule has 0 aromatic carbocycles. The lowest BCUT2D eigenvalue weighted by molar-refractivity contribution is -0.129. The molecule has 1 unspecified atom stereocenters. The molecule has 1 aliphatic heterocycles. The van der Waals surface area contributed by atoms with E-state index in [0.717, 1.165) is 25.1 Å². The average Bonchev–Trinajstić information content (AvgIpc) is 3.21. The number of hydrogen-bond donors (Lipinski definition) is 1. The van der Waals surface area contributed by atoms with E-state index in [-0.39, 0.29) is 17.7 Å². The van der Waals surface area contributed by atoms with Gasteiger partial charge in [0.05, 0.1) is 5.69 Å². The maximum Gasteiger partial charge on any atom is 0.223 e. The predicted octanol–water partition coefficient (Wildman–Crippen LogP) is 1.32. The Morgan fingerprint density at radius 1 is 1.30 bits per heavy atom. The normalized spacial score (nSPS) is 21.8. The van der Waals surface area contributed by atoms with E-state index in [1.54, 1.807) is 18.6 Å². The fourth-order valence-electron chi connectivity index (χ4n) is 3.56. The van der Waals surface area contributed by atoms with Gasteiger partial charge in [0.15, 0.2) is 0 Å². The average molecular weight is 316 g/mol. The highest BCUT2D eigenvalue weighted by Gasteiger charge is 2.35. The molecule has 2 aliphatic rings. The largest absolute Gasteiger partial charge is 0.356 e. The molecule has 1 atom stereocenters. The van der Waals surface area contributed by atoms with Gasteiger partial charge in [0, 0.05) is 56.5 Å². The van der Waals surface area contributed by atoms with Crippen molar-refractivity contribution in [1.29, 1.82) is 0 Å². The van der Waals surface area contributed by atoms with E-state index in [2.05, 4.69) is 15.3 Å². The standard InChI is InChI=1S/C17H24N4O2/c22-16(6-5-14-11-18-7-8-19-14)20-10-13-9-17(23)21(12-13)15-3-1-2-4-15/h7-8,11,13,15H,1-6,9-10,12H2,(H,20,22). The lowest BCUT2D eigenvalue weighted by Gasteiger charge is -2.24. The zero-order valence-electron chi connectivity index (χ0n) is 13.4. The summed E-state index contributed by atoms with van der Waals surface area (Å²) in [5.41, 5.74) is 0.825. The zero-order chi connectivity index (χ0) is 16.1. The summed E-state index contributed by atoms with van der Waals surface area (Å²) in [6, 6.07) is 0.444. The SMILES string of the molecule is O=C(CCc1cnccn1)NCC1CC(=O)N(C2CCCC2)C1. The summed E-state index contributed by atoms with van der Waals surface area (Å²) < 4.78 is 0. The van der Waals surface area contributed by atoms with Crippen LogP contribution in [0.4, 0.5) is 0 Å². The molecule has 124 valence electrons. The first-order chi connectivity index (χ1) is 11.2. The van der Waals surface area contributed by atoms with Crippen LogP contribution >= 0.6 is 0 Å². The molecule has 1 aromatic rings. The Kier molecular flexibility index (Phi) is 5.20. The fourth-order valence-corrected chi connectivity index (χ4v) is 3.56. The molecular formula is C17H24N4O2. The first kappa shape index (κ1) is 15.9. The molecule has 6 nitrogen and oxygen atoms in total. The molecule has 2 heterocycles. The Bertz CT molecular complexity index is 543. The fraction of sp³-hybridized carbons (Fsp3) is 0.647. The Labute approximate surface area is 136 Å². The van der Waals surface area contributed by atoms with Crippen molar-refractivity contribution in [3.63, 3.8) is 0 Å². The zero-order valence-corrected chi connectivity index (χ0v) is 13.4. The number of nitrogens with zero attached hydrogens (tertiary/aromatic N) is 3. The van der Waals surface area contributed by atoms with Crippen LogP contribution in [0.1, 0.15) is 44.2 Å². The van der Waals surface area contributed by atoms with Crippen LogP contribution in [0.3, 0.4) is 0 Å². The van der Waals surface area contributed by atoms with E-state index in [0.29, 0.717) is 31.8 Å². The molecule has 1 aliphatic carbocycles. The van der Waals surface area contributed by atoms with Gasteiger partial charge in [0.2, 0.25) is 11.8 Å². The molecule has 1 saturated carbocycles. The Balaban J connectivity index is 1.38. The monoisotopic (exact) mass is 316 g/mol. The first-order valence-electron chi connectivity index (χ1n) is 8.53. The van der Waals surface area contributed by atoms with Gasteiger partial charge in [-0.15, -0.1) is 0 Å². The molecule has 3 rings (SSSR count). The lowest BCUT2D eigenvalue weighted by atomic mass is 10.1. The molecule has 0 spiro atoms. The molecular weight excluding hydrogens is 292 g/mol. The minimum Gasteiger partial charge on any atom is -0.356 e. The van der Waals surface area contributed by atoms with Crippen LogP contribution in [0.5, 0.6) is 0 Å². The van der Waals surface area contributed by atoms with Crippen LogP contribution in [0.15, 0.2) is 18.6 Å². The van der Waals surface area contributed by atoms with E-state index in [1.807, 2.05) is 4.90 Å². The van der Waals surface area contributed by atoms with Crippen LogP contribution < -0.4 is 5.32 Å². The van der Waals surface area contributed by atoms with E-state index in [9.17, 15) is 9.59 Å². The van der Waals surface area contributed by atoms with Crippen molar-refractivity contribution in [3.05, 3.63) is 24.3 Å². The second-order valence-corrected chi connectivity index (χ2v) is 6.56. The van der Waals surface area contributed by atoms with Crippen molar-refractivity contribution in [2.75, 3.05) is 13.1 Å². The van der Waals surface area contributed by atoms with E-state index in [4.69, 9.17) is 0 Å². The number of likely N-dealkylation sites (tertiary alicyclic amines) is 1. The quantitative estimate of drug-likeness (QED) is 0.859. The van der Waals surface area contributed by atoms with Gasteiger partial charge >= 0.3 is 0 Å². The van der Waals surface area contributed by atoms with Gasteiger partial charge in [-0.25, -0.2) is 0 Å². The third kappa shape index (κ3) is 4.27. The summed E-state index contributed by atoms with van der Waals surface area (Å²) in [5.74, 6) is 0.529. The number of carbonyl (C=O) groups is 2. The van der Waals surface area contributed by atoms with Crippen molar-refractivity contribution in [1.82, 2.24) is 20.2 Å². The maximum atomic E-state index is 12.1. The van der Waals surface area contributed by atoms with E-state index in [1.165, 1.54) is 12.8 Å². The van der Waals surface area contributed by atoms with Crippen molar-refractivity contribution < 1.29 is 9.59 Å². The number of aryl methyl sites for hydroxylation is 1. The number of carbonyl (C=O) groups excluding carboxylic acids is 2. The Morgan fingerprint density at radius 2 is 2.13 bits per heavy atom. The number of rotatable bonds is 6. The van der Waals surface area contributed by atoms with Crippen LogP contribution in [0, 0.1) is 5.92 Å². The third-order valence-corrected chi connectivity index (χ3v) is 4.82. The van der Waals surface area contributed by atoms with Gasteiger partial charge in [-0.1, -0.05) is 12.8 Å². The molecule has 1 saturated heterocycles. The molecule has 2 amide bonds. The molecule has 0 radical (unpaired) electrons. The van der Waals surface area contributed by atoms with E-state index >= 15 is 0 Å². The van der Waals surface area contributed by atoms with Gasteiger partial charge in [-0.2, -0.15) is 0 Å². The van der Waals surface area contributed by atoms with Crippen molar-refractivity contribution in [2.24, 2.45) is 5.92 Å². The molecule has 1 aromatic heterocycles. The molecule has 6 heteroatoms. The predicted molar refractivity (Wildman–Crippen MR) is 85.4 cm³/mol. The Hall–Kier alpha value is -1.98. The van der Waals surface area contributed by atoms with Gasteiger partial charge in [-0.3, -0.25) is 19.6 Å². The highest BCUT2D eigenvalue weighted by Crippen LogP contribution is 2.29. The van der Waals surface area contributed by atoms with Gasteiger partial charge < -0.3 is 10.2 Å². The summed E-state index contributed by atoms with van der Waals surface area (Å²) in [7, 11) is 0. The summed E-state index contributed by atoms with van der Waals surface area (Å²) in [6.45, 7) is 1.39. The topological polar surface area (TPSA) is 75.2 Å². The highest BCUT2D eigenvalue weighted by molar-refractivity contribution is 5.79. The maximum absolute atomic E-state index is 12.1. The third-order valence-electron chi connectivity index (χ3n) is 4.82. The van der Waals surface area contributed by atoms with Gasteiger partial charge in [0.1, 0.15) is 0 Å². The highest BCUT2D eigenvalue weighted by atomic mass is 16.2. The minimum absolute atomic E-state index is 0.0161. The molecule has 23 heavy (non-hydrogen) atoms. The van der Waals surface area contributed by atoms with Gasteiger partial charge in [-0.05, 0) is 19.3 Å². The lowest BCUT2D eigenvalue weighted by Crippen LogP contribution is -2.36.